The predicted molar refractivity (Wildman–Crippen MR) is 109 cm³/mol. The molecule has 1 aliphatic heterocycles. The number of rotatable bonds is 5. The molecule has 0 saturated carbocycles. The van der Waals surface area contributed by atoms with E-state index in [-0.39, 0.29) is 5.92 Å². The highest BCUT2D eigenvalue weighted by Crippen LogP contribution is 2.35. The Balaban J connectivity index is 1.96. The number of ether oxygens (including phenoxy) is 1. The number of methoxy groups -OCH3 is 1. The van der Waals surface area contributed by atoms with Crippen LogP contribution in [0.3, 0.4) is 0 Å². The molecule has 2 amide bonds. The van der Waals surface area contributed by atoms with Gasteiger partial charge in [0.05, 0.1) is 19.1 Å². The number of hydrogen-bond acceptors (Lipinski definition) is 4. The van der Waals surface area contributed by atoms with E-state index in [2.05, 4.69) is 31.2 Å². The fourth-order valence-corrected chi connectivity index (χ4v) is 3.88. The molecular weight excluding hydrogens is 443 g/mol. The summed E-state index contributed by atoms with van der Waals surface area (Å²) in [5, 5.41) is 2.78. The van der Waals surface area contributed by atoms with Crippen LogP contribution in [0.1, 0.15) is 43.3 Å². The van der Waals surface area contributed by atoms with Gasteiger partial charge in [-0.25, -0.2) is 19.0 Å². The maximum atomic E-state index is 14.8. The van der Waals surface area contributed by atoms with Gasteiger partial charge in [0.2, 0.25) is 0 Å². The Kier molecular flexibility index (Phi) is 6.56. The maximum Gasteiger partial charge on any atom is 0.328 e. The molecule has 0 spiro atoms. The summed E-state index contributed by atoms with van der Waals surface area (Å²) >= 11 is 3.26. The number of esters is 1. The van der Waals surface area contributed by atoms with E-state index in [1.165, 1.54) is 18.1 Å². The second kappa shape index (κ2) is 8.94. The lowest BCUT2D eigenvalue weighted by molar-refractivity contribution is -0.144. The number of halogens is 2. The van der Waals surface area contributed by atoms with Gasteiger partial charge in [-0.05, 0) is 18.1 Å². The normalized spacial score (nSPS) is 18.0. The molecule has 9 heteroatoms. The number of H-pyrrole nitrogens is 1. The van der Waals surface area contributed by atoms with Crippen molar-refractivity contribution in [1.29, 1.82) is 0 Å². The molecule has 7 nitrogen and oxygen atoms in total. The predicted octanol–water partition coefficient (Wildman–Crippen LogP) is 3.56. The first-order chi connectivity index (χ1) is 13.9. The number of nitrogens with one attached hydrogen (secondary N) is 2. The highest BCUT2D eigenvalue weighted by molar-refractivity contribution is 9.10. The van der Waals surface area contributed by atoms with Crippen molar-refractivity contribution in [3.8, 4) is 0 Å². The standard InChI is InChI=1S/C20H24BrFN4O3/c1-4-11(2)16(19(27)29-3)25-20(28)26-8-7-15-17(24-10-23-15)18(26)13-6-5-12(21)9-14(13)22/h5-6,9-11,16,18H,4,7-8H2,1-3H3,(H,23,24)(H,25,28)/t11-,16-,18-/m0/s1. The summed E-state index contributed by atoms with van der Waals surface area (Å²) in [6, 6.07) is 2.79. The number of nitrogens with zero attached hydrogens (tertiary/aromatic N) is 2. The van der Waals surface area contributed by atoms with Gasteiger partial charge >= 0.3 is 12.0 Å². The number of aromatic nitrogens is 2. The van der Waals surface area contributed by atoms with Crippen molar-refractivity contribution in [3.05, 3.63) is 51.8 Å². The molecule has 0 bridgehead atoms. The lowest BCUT2D eigenvalue weighted by Crippen LogP contribution is -2.53. The average Bonchev–Trinajstić information content (AvgIpc) is 3.19. The van der Waals surface area contributed by atoms with Crippen LogP contribution in [0.4, 0.5) is 9.18 Å². The van der Waals surface area contributed by atoms with Gasteiger partial charge in [0, 0.05) is 28.7 Å². The number of fused-ring (bicyclic) bond motifs is 1. The zero-order valence-corrected chi connectivity index (χ0v) is 18.1. The Morgan fingerprint density at radius 1 is 1.48 bits per heavy atom. The highest BCUT2D eigenvalue weighted by Gasteiger charge is 2.37. The highest BCUT2D eigenvalue weighted by atomic mass is 79.9. The number of amides is 2. The molecule has 156 valence electrons. The third-order valence-electron chi connectivity index (χ3n) is 5.39. The Hall–Kier alpha value is -2.42. The first-order valence-electron chi connectivity index (χ1n) is 9.49. The Bertz CT molecular complexity index is 904. The van der Waals surface area contributed by atoms with Gasteiger partial charge in [-0.15, -0.1) is 0 Å². The molecule has 2 heterocycles. The zero-order chi connectivity index (χ0) is 21.1. The Morgan fingerprint density at radius 2 is 2.24 bits per heavy atom. The molecule has 3 atom stereocenters. The van der Waals surface area contributed by atoms with E-state index in [0.29, 0.717) is 35.1 Å². The molecule has 1 aliphatic rings. The second-order valence-corrected chi connectivity index (χ2v) is 8.03. The monoisotopic (exact) mass is 466 g/mol. The molecule has 0 radical (unpaired) electrons. The molecule has 0 saturated heterocycles. The van der Waals surface area contributed by atoms with E-state index in [4.69, 9.17) is 4.74 Å². The van der Waals surface area contributed by atoms with E-state index in [0.717, 1.165) is 5.69 Å². The van der Waals surface area contributed by atoms with Crippen LogP contribution in [0.15, 0.2) is 29.0 Å². The topological polar surface area (TPSA) is 87.3 Å². The van der Waals surface area contributed by atoms with Crippen molar-refractivity contribution in [2.45, 2.75) is 38.8 Å². The van der Waals surface area contributed by atoms with Crippen molar-refractivity contribution < 1.29 is 18.7 Å². The third kappa shape index (κ3) is 4.29. The molecule has 0 aliphatic carbocycles. The van der Waals surface area contributed by atoms with Crippen LogP contribution >= 0.6 is 15.9 Å². The fourth-order valence-electron chi connectivity index (χ4n) is 3.55. The number of imidazole rings is 1. The van der Waals surface area contributed by atoms with Gasteiger partial charge < -0.3 is 19.9 Å². The fraction of sp³-hybridized carbons (Fsp3) is 0.450. The summed E-state index contributed by atoms with van der Waals surface area (Å²) in [6.07, 6.45) is 2.80. The summed E-state index contributed by atoms with van der Waals surface area (Å²) in [6.45, 7) is 4.16. The van der Waals surface area contributed by atoms with Crippen LogP contribution < -0.4 is 5.32 Å². The van der Waals surface area contributed by atoms with Crippen molar-refractivity contribution >= 4 is 27.9 Å². The number of urea groups is 1. The molecule has 1 aromatic heterocycles. The van der Waals surface area contributed by atoms with Crippen molar-refractivity contribution in [2.24, 2.45) is 5.92 Å². The van der Waals surface area contributed by atoms with Gasteiger partial charge in [0.25, 0.3) is 0 Å². The molecule has 29 heavy (non-hydrogen) atoms. The van der Waals surface area contributed by atoms with Gasteiger partial charge in [-0.1, -0.05) is 42.3 Å². The quantitative estimate of drug-likeness (QED) is 0.659. The van der Waals surface area contributed by atoms with Gasteiger partial charge in [-0.3, -0.25) is 0 Å². The number of benzene rings is 1. The first kappa shape index (κ1) is 21.3. The number of carbonyl (C=O) groups excluding carboxylic acids is 2. The molecule has 0 fully saturated rings. The van der Waals surface area contributed by atoms with E-state index in [1.54, 1.807) is 18.5 Å². The van der Waals surface area contributed by atoms with Gasteiger partial charge in [0.1, 0.15) is 17.9 Å². The van der Waals surface area contributed by atoms with Gasteiger partial charge in [0.15, 0.2) is 0 Å². The average molecular weight is 467 g/mol. The molecule has 2 N–H and O–H groups in total. The van der Waals surface area contributed by atoms with Gasteiger partial charge in [-0.2, -0.15) is 0 Å². The Labute approximate surface area is 177 Å². The lowest BCUT2D eigenvalue weighted by Gasteiger charge is -2.36. The number of hydrogen-bond donors (Lipinski definition) is 2. The van der Waals surface area contributed by atoms with Crippen LogP contribution in [0.2, 0.25) is 0 Å². The van der Waals surface area contributed by atoms with Crippen LogP contribution in [-0.2, 0) is 16.0 Å². The molecular formula is C20H24BrFN4O3. The molecule has 0 unspecified atom stereocenters. The van der Waals surface area contributed by atoms with Crippen molar-refractivity contribution in [1.82, 2.24) is 20.2 Å². The number of carbonyl (C=O) groups is 2. The molecule has 1 aromatic carbocycles. The summed E-state index contributed by atoms with van der Waals surface area (Å²) in [4.78, 5) is 34.3. The molecule has 2 aromatic rings. The van der Waals surface area contributed by atoms with E-state index in [9.17, 15) is 14.0 Å². The van der Waals surface area contributed by atoms with Crippen LogP contribution in [0.5, 0.6) is 0 Å². The summed E-state index contributed by atoms with van der Waals surface area (Å²) in [7, 11) is 1.29. The molecule has 3 rings (SSSR count). The second-order valence-electron chi connectivity index (χ2n) is 7.11. The van der Waals surface area contributed by atoms with E-state index >= 15 is 0 Å². The van der Waals surface area contributed by atoms with Crippen molar-refractivity contribution in [2.75, 3.05) is 13.7 Å². The smallest absolute Gasteiger partial charge is 0.328 e. The van der Waals surface area contributed by atoms with Crippen LogP contribution in [0.25, 0.3) is 0 Å². The SMILES string of the molecule is CC[C@H](C)[C@H](NC(=O)N1CCc2[nH]cnc2[C@@H]1c1ccc(Br)cc1F)C(=O)OC. The summed E-state index contributed by atoms with van der Waals surface area (Å²) in [5.74, 6) is -1.05. The maximum absolute atomic E-state index is 14.8. The zero-order valence-electron chi connectivity index (χ0n) is 16.5. The van der Waals surface area contributed by atoms with Crippen molar-refractivity contribution in [3.63, 3.8) is 0 Å². The lowest BCUT2D eigenvalue weighted by atomic mass is 9.95. The number of aromatic amines is 1. The van der Waals surface area contributed by atoms with Crippen LogP contribution in [-0.4, -0.2) is 46.6 Å². The minimum atomic E-state index is -0.784. The largest absolute Gasteiger partial charge is 0.467 e. The van der Waals surface area contributed by atoms with E-state index < -0.39 is 29.9 Å². The summed E-state index contributed by atoms with van der Waals surface area (Å²) in [5.41, 5.74) is 1.81. The van der Waals surface area contributed by atoms with E-state index in [1.807, 2.05) is 13.8 Å². The first-order valence-corrected chi connectivity index (χ1v) is 10.3. The Morgan fingerprint density at radius 3 is 2.90 bits per heavy atom. The third-order valence-corrected chi connectivity index (χ3v) is 5.88. The summed E-state index contributed by atoms with van der Waals surface area (Å²) < 4.78 is 20.3. The minimum Gasteiger partial charge on any atom is -0.467 e. The van der Waals surface area contributed by atoms with Crippen LogP contribution in [0, 0.1) is 11.7 Å². The minimum absolute atomic E-state index is 0.111.